The molecule has 0 saturated heterocycles. The first-order chi connectivity index (χ1) is 14.7. The van der Waals surface area contributed by atoms with Crippen LogP contribution in [0.2, 0.25) is 0 Å². The van der Waals surface area contributed by atoms with Crippen LogP contribution in [-0.4, -0.2) is 0 Å². The van der Waals surface area contributed by atoms with Crippen LogP contribution in [0.25, 0.3) is 22.9 Å². The lowest BCUT2D eigenvalue weighted by atomic mass is 10.1. The van der Waals surface area contributed by atoms with Crippen molar-refractivity contribution >= 4 is 46.4 Å². The summed E-state index contributed by atoms with van der Waals surface area (Å²) in [7, 11) is 0. The summed E-state index contributed by atoms with van der Waals surface area (Å²) in [6.45, 7) is 7.69. The molecule has 0 radical (unpaired) electrons. The average Bonchev–Trinajstić information content (AvgIpc) is 2.81. The molecule has 0 bridgehead atoms. The van der Waals surface area contributed by atoms with Crippen molar-refractivity contribution in [2.75, 3.05) is 0 Å². The maximum absolute atomic E-state index is 3.87. The number of thioether (sulfide) groups is 2. The van der Waals surface area contributed by atoms with Crippen LogP contribution in [0.4, 0.5) is 0 Å². The van der Waals surface area contributed by atoms with Crippen LogP contribution >= 0.6 is 23.5 Å². The van der Waals surface area contributed by atoms with Gasteiger partial charge >= 0.3 is 0 Å². The molecule has 0 aliphatic carbocycles. The highest BCUT2D eigenvalue weighted by atomic mass is 32.2. The van der Waals surface area contributed by atoms with E-state index in [4.69, 9.17) is 0 Å². The third kappa shape index (κ3) is 5.08. The molecule has 0 fully saturated rings. The normalized spacial score (nSPS) is 10.8. The largest absolute Gasteiger partial charge is 0.121 e. The molecule has 0 aliphatic rings. The molecule has 0 spiro atoms. The topological polar surface area (TPSA) is 0 Å². The first-order valence-electron chi connectivity index (χ1n) is 9.96. The molecule has 2 heteroatoms. The molecule has 0 saturated carbocycles. The first-order valence-corrected chi connectivity index (χ1v) is 11.9. The highest BCUT2D eigenvalue weighted by Gasteiger charge is 2.05. The summed E-state index contributed by atoms with van der Waals surface area (Å²) in [6.07, 6.45) is 3.78. The Morgan fingerprint density at radius 2 is 1.40 bits per heavy atom. The van der Waals surface area contributed by atoms with Gasteiger partial charge in [0.25, 0.3) is 0 Å². The van der Waals surface area contributed by atoms with Gasteiger partial charge in [-0.3, -0.25) is 0 Å². The number of hydrogen-bond donors (Lipinski definition) is 0. The summed E-state index contributed by atoms with van der Waals surface area (Å²) in [5, 5.41) is 2.62. The van der Waals surface area contributed by atoms with Gasteiger partial charge in [0, 0.05) is 21.3 Å². The summed E-state index contributed by atoms with van der Waals surface area (Å²) in [4.78, 5) is 2.63. The van der Waals surface area contributed by atoms with E-state index in [0.717, 1.165) is 17.1 Å². The average molecular weight is 425 g/mol. The van der Waals surface area contributed by atoms with Crippen LogP contribution in [0.15, 0.2) is 108 Å². The number of fused-ring (bicyclic) bond motifs is 1. The fourth-order valence-electron chi connectivity index (χ4n) is 3.34. The Morgan fingerprint density at radius 3 is 2.20 bits per heavy atom. The fraction of sp³-hybridized carbons (Fsp3) is 0.0714. The highest BCUT2D eigenvalue weighted by molar-refractivity contribution is 7.99. The molecule has 0 nitrogen and oxygen atoms in total. The Balaban J connectivity index is 1.46. The van der Waals surface area contributed by atoms with Crippen LogP contribution in [0.3, 0.4) is 0 Å². The van der Waals surface area contributed by atoms with Gasteiger partial charge in [-0.1, -0.05) is 92.0 Å². The van der Waals surface area contributed by atoms with Gasteiger partial charge in [0.1, 0.15) is 0 Å². The second-order valence-corrected chi connectivity index (χ2v) is 9.18. The first kappa shape index (κ1) is 20.6. The Hall–Kier alpha value is -2.68. The molecule has 148 valence electrons. The second kappa shape index (κ2) is 9.88. The van der Waals surface area contributed by atoms with E-state index >= 15 is 0 Å². The molecule has 4 aromatic rings. The predicted molar refractivity (Wildman–Crippen MR) is 136 cm³/mol. The van der Waals surface area contributed by atoms with E-state index in [1.165, 1.54) is 37.3 Å². The Bertz CT molecular complexity index is 1170. The summed E-state index contributed by atoms with van der Waals surface area (Å²) >= 11 is 3.77. The molecular weight excluding hydrogens is 400 g/mol. The van der Waals surface area contributed by atoms with Crippen molar-refractivity contribution < 1.29 is 0 Å². The van der Waals surface area contributed by atoms with Gasteiger partial charge in [0.05, 0.1) is 0 Å². The van der Waals surface area contributed by atoms with Gasteiger partial charge in [-0.2, -0.15) is 0 Å². The SMILES string of the molecule is C=Cc1ccc(CSc2ccc3c(SCc4cccc(C=C)c4)cccc3c2)cc1. The fourth-order valence-corrected chi connectivity index (χ4v) is 5.25. The van der Waals surface area contributed by atoms with Crippen molar-refractivity contribution in [3.05, 3.63) is 120 Å². The standard InChI is InChI=1S/C28H24S2/c1-3-21-11-13-23(14-12-21)19-29-26-15-16-27-25(18-26)9-6-10-28(27)30-20-24-8-5-7-22(4-2)17-24/h3-18H,1-2,19-20H2. The molecular formula is C28H24S2. The van der Waals surface area contributed by atoms with E-state index in [2.05, 4.69) is 98.1 Å². The van der Waals surface area contributed by atoms with Crippen molar-refractivity contribution in [1.29, 1.82) is 0 Å². The lowest BCUT2D eigenvalue weighted by Crippen LogP contribution is -1.85. The maximum Gasteiger partial charge on any atom is 0.0232 e. The van der Waals surface area contributed by atoms with E-state index in [9.17, 15) is 0 Å². The molecule has 30 heavy (non-hydrogen) atoms. The number of rotatable bonds is 8. The van der Waals surface area contributed by atoms with Crippen molar-refractivity contribution in [2.24, 2.45) is 0 Å². The molecule has 0 N–H and O–H groups in total. The smallest absolute Gasteiger partial charge is 0.0232 e. The third-order valence-electron chi connectivity index (χ3n) is 5.01. The Labute approximate surface area is 187 Å². The highest BCUT2D eigenvalue weighted by Crippen LogP contribution is 2.33. The minimum Gasteiger partial charge on any atom is -0.121 e. The van der Waals surface area contributed by atoms with Crippen LogP contribution in [-0.2, 0) is 11.5 Å². The van der Waals surface area contributed by atoms with Gasteiger partial charge < -0.3 is 0 Å². The Morgan fingerprint density at radius 1 is 0.633 bits per heavy atom. The quantitative estimate of drug-likeness (QED) is 0.259. The minimum atomic E-state index is 0.956. The molecule has 4 rings (SSSR count). The summed E-state index contributed by atoms with van der Waals surface area (Å²) in [6, 6.07) is 30.6. The van der Waals surface area contributed by atoms with Crippen molar-refractivity contribution in [3.63, 3.8) is 0 Å². The van der Waals surface area contributed by atoms with Crippen LogP contribution in [0.1, 0.15) is 22.3 Å². The lowest BCUT2D eigenvalue weighted by Gasteiger charge is -2.09. The van der Waals surface area contributed by atoms with Gasteiger partial charge in [0.15, 0.2) is 0 Å². The molecule has 0 aliphatic heterocycles. The van der Waals surface area contributed by atoms with Crippen LogP contribution in [0, 0.1) is 0 Å². The van der Waals surface area contributed by atoms with E-state index in [0.29, 0.717) is 0 Å². The van der Waals surface area contributed by atoms with Crippen molar-refractivity contribution in [2.45, 2.75) is 21.3 Å². The van der Waals surface area contributed by atoms with Gasteiger partial charge in [-0.05, 0) is 51.2 Å². The van der Waals surface area contributed by atoms with Crippen LogP contribution in [0.5, 0.6) is 0 Å². The maximum atomic E-state index is 3.87. The number of benzene rings is 4. The second-order valence-electron chi connectivity index (χ2n) is 7.11. The van der Waals surface area contributed by atoms with E-state index < -0.39 is 0 Å². The van der Waals surface area contributed by atoms with Gasteiger partial charge in [-0.25, -0.2) is 0 Å². The molecule has 0 unspecified atom stereocenters. The van der Waals surface area contributed by atoms with E-state index in [1.54, 1.807) is 0 Å². The van der Waals surface area contributed by atoms with Gasteiger partial charge in [-0.15, -0.1) is 23.5 Å². The minimum absolute atomic E-state index is 0.956. The van der Waals surface area contributed by atoms with E-state index in [-0.39, 0.29) is 0 Å². The zero-order chi connectivity index (χ0) is 20.8. The zero-order valence-electron chi connectivity index (χ0n) is 16.9. The molecule has 0 heterocycles. The van der Waals surface area contributed by atoms with Crippen molar-refractivity contribution in [3.8, 4) is 0 Å². The lowest BCUT2D eigenvalue weighted by molar-refractivity contribution is 1.38. The third-order valence-corrected chi connectivity index (χ3v) is 7.22. The van der Waals surface area contributed by atoms with Crippen molar-refractivity contribution in [1.82, 2.24) is 0 Å². The van der Waals surface area contributed by atoms with Gasteiger partial charge in [0.2, 0.25) is 0 Å². The number of hydrogen-bond acceptors (Lipinski definition) is 2. The zero-order valence-corrected chi connectivity index (χ0v) is 18.5. The molecule has 0 aromatic heterocycles. The summed E-state index contributed by atoms with van der Waals surface area (Å²) in [5.41, 5.74) is 4.99. The Kier molecular flexibility index (Phi) is 6.78. The van der Waals surface area contributed by atoms with Crippen LogP contribution < -0.4 is 0 Å². The molecule has 4 aromatic carbocycles. The summed E-state index contributed by atoms with van der Waals surface area (Å²) < 4.78 is 0. The predicted octanol–water partition coefficient (Wildman–Crippen LogP) is 8.71. The molecule has 0 atom stereocenters. The monoisotopic (exact) mass is 424 g/mol. The summed E-state index contributed by atoms with van der Waals surface area (Å²) in [5.74, 6) is 1.93. The molecule has 0 amide bonds. The van der Waals surface area contributed by atoms with E-state index in [1.807, 2.05) is 35.7 Å².